The number of ether oxygens (including phenoxy) is 2. The maximum absolute atomic E-state index is 12.0. The van der Waals surface area contributed by atoms with E-state index in [-0.39, 0.29) is 12.0 Å². The molecule has 2 aromatic rings. The van der Waals surface area contributed by atoms with E-state index < -0.39 is 0 Å². The molecule has 0 saturated heterocycles. The molecule has 0 spiro atoms. The van der Waals surface area contributed by atoms with E-state index in [1.54, 1.807) is 25.4 Å². The molecule has 25 heavy (non-hydrogen) atoms. The van der Waals surface area contributed by atoms with E-state index in [2.05, 4.69) is 15.6 Å². The number of rotatable bonds is 9. The lowest BCUT2D eigenvalue weighted by atomic mass is 10.2. The van der Waals surface area contributed by atoms with Crippen LogP contribution in [0, 0.1) is 0 Å². The number of hydrogen-bond acceptors (Lipinski definition) is 5. The van der Waals surface area contributed by atoms with Crippen molar-refractivity contribution < 1.29 is 14.3 Å². The molecule has 1 aromatic heterocycles. The van der Waals surface area contributed by atoms with Gasteiger partial charge in [-0.25, -0.2) is 4.98 Å². The zero-order valence-corrected chi connectivity index (χ0v) is 14.9. The number of pyridine rings is 1. The number of hydrogen-bond donors (Lipinski definition) is 2. The van der Waals surface area contributed by atoms with Gasteiger partial charge in [0.1, 0.15) is 11.6 Å². The summed E-state index contributed by atoms with van der Waals surface area (Å²) in [6.45, 7) is 5.19. The molecule has 0 bridgehead atoms. The number of nitrogens with zero attached hydrogens (tertiary/aromatic N) is 1. The van der Waals surface area contributed by atoms with Gasteiger partial charge in [0.05, 0.1) is 11.7 Å². The predicted octanol–water partition coefficient (Wildman–Crippen LogP) is 3.38. The highest BCUT2D eigenvalue weighted by Gasteiger charge is 2.06. The molecule has 0 aliphatic carbocycles. The molecule has 0 unspecified atom stereocenters. The minimum atomic E-state index is -0.134. The molecular formula is C19H25N3O3. The van der Waals surface area contributed by atoms with Crippen molar-refractivity contribution in [2.45, 2.75) is 26.4 Å². The Balaban J connectivity index is 1.88. The Bertz CT molecular complexity index is 655. The fourth-order valence-electron chi connectivity index (χ4n) is 2.16. The summed E-state index contributed by atoms with van der Waals surface area (Å²) in [6.07, 6.45) is 2.49. The fraction of sp³-hybridized carbons (Fsp3) is 0.368. The lowest BCUT2D eigenvalue weighted by Gasteiger charge is -2.11. The average molecular weight is 343 g/mol. The van der Waals surface area contributed by atoms with Crippen LogP contribution in [-0.2, 0) is 4.74 Å². The van der Waals surface area contributed by atoms with Crippen molar-refractivity contribution in [3.63, 3.8) is 0 Å². The molecule has 0 saturated carbocycles. The number of aromatic nitrogens is 1. The third kappa shape index (κ3) is 6.43. The Morgan fingerprint density at radius 2 is 1.92 bits per heavy atom. The molecule has 2 rings (SSSR count). The van der Waals surface area contributed by atoms with Crippen LogP contribution in [0.1, 0.15) is 30.6 Å². The van der Waals surface area contributed by atoms with Crippen LogP contribution < -0.4 is 15.4 Å². The highest BCUT2D eigenvalue weighted by atomic mass is 16.5. The zero-order valence-electron chi connectivity index (χ0n) is 14.9. The van der Waals surface area contributed by atoms with Gasteiger partial charge in [-0.15, -0.1) is 0 Å². The minimum absolute atomic E-state index is 0.134. The number of amides is 1. The topological polar surface area (TPSA) is 72.5 Å². The van der Waals surface area contributed by atoms with Gasteiger partial charge in [-0.05, 0) is 56.7 Å². The first-order valence-electron chi connectivity index (χ1n) is 8.35. The Labute approximate surface area is 148 Å². The van der Waals surface area contributed by atoms with Gasteiger partial charge in [0.2, 0.25) is 0 Å². The van der Waals surface area contributed by atoms with Crippen molar-refractivity contribution in [2.75, 3.05) is 25.6 Å². The third-order valence-corrected chi connectivity index (χ3v) is 3.33. The van der Waals surface area contributed by atoms with Gasteiger partial charge in [-0.2, -0.15) is 0 Å². The summed E-state index contributed by atoms with van der Waals surface area (Å²) >= 11 is 0. The van der Waals surface area contributed by atoms with E-state index in [0.29, 0.717) is 24.5 Å². The van der Waals surface area contributed by atoms with Gasteiger partial charge in [-0.1, -0.05) is 0 Å². The maximum atomic E-state index is 12.0. The van der Waals surface area contributed by atoms with Gasteiger partial charge >= 0.3 is 0 Å². The van der Waals surface area contributed by atoms with E-state index in [9.17, 15) is 4.79 Å². The molecule has 6 heteroatoms. The molecule has 2 N–H and O–H groups in total. The number of anilines is 2. The normalized spacial score (nSPS) is 10.6. The van der Waals surface area contributed by atoms with Crippen molar-refractivity contribution in [2.24, 2.45) is 0 Å². The lowest BCUT2D eigenvalue weighted by molar-refractivity contribution is 0.0948. The number of nitrogens with one attached hydrogen (secondary N) is 2. The summed E-state index contributed by atoms with van der Waals surface area (Å²) in [5.74, 6) is 1.37. The van der Waals surface area contributed by atoms with E-state index in [1.165, 1.54) is 0 Å². The Hall–Kier alpha value is -2.60. The first-order chi connectivity index (χ1) is 12.1. The summed E-state index contributed by atoms with van der Waals surface area (Å²) in [7, 11) is 1.64. The molecule has 1 amide bonds. The molecule has 0 fully saturated rings. The monoisotopic (exact) mass is 343 g/mol. The lowest BCUT2D eigenvalue weighted by Crippen LogP contribution is -2.25. The van der Waals surface area contributed by atoms with Crippen LogP contribution >= 0.6 is 0 Å². The highest BCUT2D eigenvalue weighted by Crippen LogP contribution is 2.19. The number of carbonyl (C=O) groups excluding carboxylic acids is 1. The van der Waals surface area contributed by atoms with E-state index in [0.717, 1.165) is 17.9 Å². The molecule has 1 heterocycles. The fourth-order valence-corrected chi connectivity index (χ4v) is 2.16. The average Bonchev–Trinajstić information content (AvgIpc) is 2.60. The Morgan fingerprint density at radius 1 is 1.16 bits per heavy atom. The second-order valence-corrected chi connectivity index (χ2v) is 5.85. The summed E-state index contributed by atoms with van der Waals surface area (Å²) < 4.78 is 10.6. The minimum Gasteiger partial charge on any atom is -0.491 e. The summed E-state index contributed by atoms with van der Waals surface area (Å²) in [4.78, 5) is 16.3. The molecule has 6 nitrogen and oxygen atoms in total. The van der Waals surface area contributed by atoms with Gasteiger partial charge in [0.25, 0.3) is 5.91 Å². The standard InChI is InChI=1S/C19H25N3O3/c1-14(2)25-17-8-6-16(7-9-17)22-18-10-5-15(13-21-18)19(23)20-11-4-12-24-3/h5-10,13-14H,4,11-12H2,1-3H3,(H,20,23)(H,21,22). The molecule has 0 aliphatic rings. The Morgan fingerprint density at radius 3 is 2.52 bits per heavy atom. The Kier molecular flexibility index (Phi) is 7.22. The summed E-state index contributed by atoms with van der Waals surface area (Å²) in [6, 6.07) is 11.2. The van der Waals surface area contributed by atoms with Crippen molar-refractivity contribution in [1.29, 1.82) is 0 Å². The number of methoxy groups -OCH3 is 1. The number of carbonyl (C=O) groups is 1. The predicted molar refractivity (Wildman–Crippen MR) is 98.6 cm³/mol. The largest absolute Gasteiger partial charge is 0.491 e. The van der Waals surface area contributed by atoms with Crippen LogP contribution in [0.25, 0.3) is 0 Å². The van der Waals surface area contributed by atoms with E-state index in [1.807, 2.05) is 38.1 Å². The summed E-state index contributed by atoms with van der Waals surface area (Å²) in [5, 5.41) is 6.03. The quantitative estimate of drug-likeness (QED) is 0.683. The van der Waals surface area contributed by atoms with Gasteiger partial charge < -0.3 is 20.1 Å². The molecular weight excluding hydrogens is 318 g/mol. The highest BCUT2D eigenvalue weighted by molar-refractivity contribution is 5.94. The molecule has 1 aromatic carbocycles. The van der Waals surface area contributed by atoms with Crippen LogP contribution in [0.5, 0.6) is 5.75 Å². The SMILES string of the molecule is COCCCNC(=O)c1ccc(Nc2ccc(OC(C)C)cc2)nc1. The van der Waals surface area contributed by atoms with Crippen LogP contribution in [0.4, 0.5) is 11.5 Å². The van der Waals surface area contributed by atoms with Crippen molar-refractivity contribution in [3.05, 3.63) is 48.2 Å². The second-order valence-electron chi connectivity index (χ2n) is 5.85. The van der Waals surface area contributed by atoms with Gasteiger partial charge in [0.15, 0.2) is 0 Å². The first-order valence-corrected chi connectivity index (χ1v) is 8.35. The molecule has 0 radical (unpaired) electrons. The number of benzene rings is 1. The summed E-state index contributed by atoms with van der Waals surface area (Å²) in [5.41, 5.74) is 1.43. The molecule has 0 aliphatic heterocycles. The van der Waals surface area contributed by atoms with Gasteiger partial charge in [0, 0.05) is 32.1 Å². The molecule has 134 valence electrons. The zero-order chi connectivity index (χ0) is 18.1. The van der Waals surface area contributed by atoms with Crippen LogP contribution in [0.2, 0.25) is 0 Å². The van der Waals surface area contributed by atoms with E-state index in [4.69, 9.17) is 9.47 Å². The second kappa shape index (κ2) is 9.64. The first kappa shape index (κ1) is 18.7. The van der Waals surface area contributed by atoms with Crippen molar-refractivity contribution in [1.82, 2.24) is 10.3 Å². The van der Waals surface area contributed by atoms with E-state index >= 15 is 0 Å². The third-order valence-electron chi connectivity index (χ3n) is 3.33. The molecule has 0 atom stereocenters. The van der Waals surface area contributed by atoms with Crippen LogP contribution in [-0.4, -0.2) is 37.3 Å². The maximum Gasteiger partial charge on any atom is 0.252 e. The van der Waals surface area contributed by atoms with Gasteiger partial charge in [-0.3, -0.25) is 4.79 Å². The van der Waals surface area contributed by atoms with Crippen LogP contribution in [0.3, 0.4) is 0 Å². The van der Waals surface area contributed by atoms with Crippen molar-refractivity contribution >= 4 is 17.4 Å². The van der Waals surface area contributed by atoms with Crippen molar-refractivity contribution in [3.8, 4) is 5.75 Å². The smallest absolute Gasteiger partial charge is 0.252 e. The van der Waals surface area contributed by atoms with Crippen LogP contribution in [0.15, 0.2) is 42.6 Å².